The highest BCUT2D eigenvalue weighted by atomic mass is 32.1. The highest BCUT2D eigenvalue weighted by Gasteiger charge is 2.09. The molecule has 0 aliphatic carbocycles. The number of hydrogen-bond donors (Lipinski definition) is 1. The maximum atomic E-state index is 11.6. The SMILES string of the molecule is CCN(CC(=O)NCCC#N)Cc1cccs1. The van der Waals surface area contributed by atoms with Gasteiger partial charge in [-0.15, -0.1) is 11.3 Å². The van der Waals surface area contributed by atoms with E-state index in [1.165, 1.54) is 4.88 Å². The Morgan fingerprint density at radius 1 is 1.65 bits per heavy atom. The maximum Gasteiger partial charge on any atom is 0.234 e. The molecule has 1 heterocycles. The lowest BCUT2D eigenvalue weighted by Gasteiger charge is -2.18. The third kappa shape index (κ3) is 5.48. The number of nitrogens with one attached hydrogen (secondary N) is 1. The number of thiophene rings is 1. The van der Waals surface area contributed by atoms with Crippen molar-refractivity contribution >= 4 is 17.2 Å². The second-order valence-electron chi connectivity index (χ2n) is 3.64. The van der Waals surface area contributed by atoms with Crippen LogP contribution in [0.25, 0.3) is 0 Å². The van der Waals surface area contributed by atoms with Gasteiger partial charge in [0.25, 0.3) is 0 Å². The summed E-state index contributed by atoms with van der Waals surface area (Å²) in [6, 6.07) is 6.09. The number of nitrogens with zero attached hydrogens (tertiary/aromatic N) is 2. The highest BCUT2D eigenvalue weighted by molar-refractivity contribution is 7.09. The molecule has 0 aromatic carbocycles. The first-order chi connectivity index (χ1) is 8.26. The van der Waals surface area contributed by atoms with Crippen molar-refractivity contribution in [3.63, 3.8) is 0 Å². The summed E-state index contributed by atoms with van der Waals surface area (Å²) in [5.41, 5.74) is 0. The van der Waals surface area contributed by atoms with Crippen molar-refractivity contribution in [3.8, 4) is 6.07 Å². The van der Waals surface area contributed by atoms with Crippen LogP contribution < -0.4 is 5.32 Å². The molecule has 0 aliphatic heterocycles. The Hall–Kier alpha value is -1.38. The second-order valence-corrected chi connectivity index (χ2v) is 4.67. The van der Waals surface area contributed by atoms with Gasteiger partial charge < -0.3 is 5.32 Å². The smallest absolute Gasteiger partial charge is 0.234 e. The van der Waals surface area contributed by atoms with E-state index in [1.54, 1.807) is 11.3 Å². The van der Waals surface area contributed by atoms with E-state index in [1.807, 2.05) is 24.4 Å². The first kappa shape index (κ1) is 13.7. The van der Waals surface area contributed by atoms with Gasteiger partial charge in [-0.1, -0.05) is 13.0 Å². The Morgan fingerprint density at radius 3 is 3.06 bits per heavy atom. The van der Waals surface area contributed by atoms with Crippen molar-refractivity contribution in [2.24, 2.45) is 0 Å². The number of rotatable bonds is 7. The molecule has 0 spiro atoms. The summed E-state index contributed by atoms with van der Waals surface area (Å²) in [5, 5.41) is 13.1. The molecule has 1 rings (SSSR count). The van der Waals surface area contributed by atoms with Gasteiger partial charge in [-0.3, -0.25) is 9.69 Å². The molecule has 0 unspecified atom stereocenters. The van der Waals surface area contributed by atoms with E-state index in [0.29, 0.717) is 19.5 Å². The summed E-state index contributed by atoms with van der Waals surface area (Å²) in [6.07, 6.45) is 0.364. The van der Waals surface area contributed by atoms with Crippen molar-refractivity contribution in [2.75, 3.05) is 19.6 Å². The third-order valence-electron chi connectivity index (χ3n) is 2.33. The van der Waals surface area contributed by atoms with Gasteiger partial charge >= 0.3 is 0 Å². The molecule has 0 fully saturated rings. The largest absolute Gasteiger partial charge is 0.354 e. The number of likely N-dealkylation sites (N-methyl/N-ethyl adjacent to an activating group) is 1. The van der Waals surface area contributed by atoms with Crippen molar-refractivity contribution < 1.29 is 4.79 Å². The Labute approximate surface area is 106 Å². The van der Waals surface area contributed by atoms with Crippen LogP contribution in [0.2, 0.25) is 0 Å². The topological polar surface area (TPSA) is 56.1 Å². The molecule has 0 atom stereocenters. The van der Waals surface area contributed by atoms with Gasteiger partial charge in [-0.25, -0.2) is 0 Å². The van der Waals surface area contributed by atoms with Crippen molar-refractivity contribution in [1.29, 1.82) is 5.26 Å². The van der Waals surface area contributed by atoms with E-state index >= 15 is 0 Å². The zero-order valence-corrected chi connectivity index (χ0v) is 10.8. The summed E-state index contributed by atoms with van der Waals surface area (Å²) in [6.45, 7) is 4.51. The molecule has 0 radical (unpaired) electrons. The number of carbonyl (C=O) groups excluding carboxylic acids is 1. The maximum absolute atomic E-state index is 11.6. The lowest BCUT2D eigenvalue weighted by Crippen LogP contribution is -2.37. The molecule has 17 heavy (non-hydrogen) atoms. The quantitative estimate of drug-likeness (QED) is 0.749. The summed E-state index contributed by atoms with van der Waals surface area (Å²) in [7, 11) is 0. The molecule has 0 saturated heterocycles. The molecule has 1 aromatic rings. The summed E-state index contributed by atoms with van der Waals surface area (Å²) in [4.78, 5) is 14.9. The van der Waals surface area contributed by atoms with Crippen LogP contribution in [-0.2, 0) is 11.3 Å². The molecule has 1 N–H and O–H groups in total. The molecule has 92 valence electrons. The Balaban J connectivity index is 2.31. The molecular weight excluding hydrogens is 234 g/mol. The predicted molar refractivity (Wildman–Crippen MR) is 68.5 cm³/mol. The molecule has 0 bridgehead atoms. The monoisotopic (exact) mass is 251 g/mol. The fourth-order valence-electron chi connectivity index (χ4n) is 1.42. The van der Waals surface area contributed by atoms with E-state index in [0.717, 1.165) is 13.1 Å². The third-order valence-corrected chi connectivity index (χ3v) is 3.19. The van der Waals surface area contributed by atoms with Crippen LogP contribution in [-0.4, -0.2) is 30.4 Å². The van der Waals surface area contributed by atoms with Crippen LogP contribution in [0, 0.1) is 11.3 Å². The van der Waals surface area contributed by atoms with Gasteiger partial charge in [0.1, 0.15) is 0 Å². The fraction of sp³-hybridized carbons (Fsp3) is 0.500. The minimum Gasteiger partial charge on any atom is -0.354 e. The number of nitriles is 1. The Morgan fingerprint density at radius 2 is 2.47 bits per heavy atom. The first-order valence-electron chi connectivity index (χ1n) is 5.64. The van der Waals surface area contributed by atoms with E-state index in [4.69, 9.17) is 5.26 Å². The van der Waals surface area contributed by atoms with Gasteiger partial charge in [-0.05, 0) is 18.0 Å². The van der Waals surface area contributed by atoms with Crippen molar-refractivity contribution in [3.05, 3.63) is 22.4 Å². The van der Waals surface area contributed by atoms with E-state index in [2.05, 4.69) is 16.3 Å². The van der Waals surface area contributed by atoms with Gasteiger partial charge in [0, 0.05) is 18.0 Å². The fourth-order valence-corrected chi connectivity index (χ4v) is 2.17. The van der Waals surface area contributed by atoms with Crippen LogP contribution in [0.4, 0.5) is 0 Å². The standard InChI is InChI=1S/C12H17N3OS/c1-2-15(9-11-5-3-8-17-11)10-12(16)14-7-4-6-13/h3,5,8H,2,4,7,9-10H2,1H3,(H,14,16). The van der Waals surface area contributed by atoms with E-state index in [9.17, 15) is 4.79 Å². The minimum absolute atomic E-state index is 0.0151. The Kier molecular flexibility index (Phi) is 6.30. The molecule has 0 aliphatic rings. The average Bonchev–Trinajstić information content (AvgIpc) is 2.81. The molecule has 5 heteroatoms. The molecule has 1 amide bonds. The summed E-state index contributed by atoms with van der Waals surface area (Å²) >= 11 is 1.70. The van der Waals surface area contributed by atoms with Crippen LogP contribution >= 0.6 is 11.3 Å². The van der Waals surface area contributed by atoms with Gasteiger partial charge in [0.15, 0.2) is 0 Å². The van der Waals surface area contributed by atoms with E-state index in [-0.39, 0.29) is 5.91 Å². The van der Waals surface area contributed by atoms with Crippen LogP contribution in [0.3, 0.4) is 0 Å². The molecular formula is C12H17N3OS. The highest BCUT2D eigenvalue weighted by Crippen LogP contribution is 2.11. The number of amides is 1. The summed E-state index contributed by atoms with van der Waals surface area (Å²) in [5.74, 6) is -0.0151. The lowest BCUT2D eigenvalue weighted by molar-refractivity contribution is -0.122. The zero-order chi connectivity index (χ0) is 12.5. The molecule has 4 nitrogen and oxygen atoms in total. The molecule has 1 aromatic heterocycles. The van der Waals surface area contributed by atoms with E-state index < -0.39 is 0 Å². The molecule has 0 saturated carbocycles. The second kappa shape index (κ2) is 7.82. The minimum atomic E-state index is -0.0151. The summed E-state index contributed by atoms with van der Waals surface area (Å²) < 4.78 is 0. The number of hydrogen-bond acceptors (Lipinski definition) is 4. The van der Waals surface area contributed by atoms with Crippen LogP contribution in [0.1, 0.15) is 18.2 Å². The zero-order valence-electron chi connectivity index (χ0n) is 9.98. The van der Waals surface area contributed by atoms with Crippen molar-refractivity contribution in [2.45, 2.75) is 19.9 Å². The Bertz CT molecular complexity index is 370. The number of carbonyl (C=O) groups is 1. The average molecular weight is 251 g/mol. The lowest BCUT2D eigenvalue weighted by atomic mass is 10.4. The van der Waals surface area contributed by atoms with Crippen LogP contribution in [0.15, 0.2) is 17.5 Å². The first-order valence-corrected chi connectivity index (χ1v) is 6.52. The van der Waals surface area contributed by atoms with Crippen LogP contribution in [0.5, 0.6) is 0 Å². The predicted octanol–water partition coefficient (Wildman–Crippen LogP) is 1.60. The van der Waals surface area contributed by atoms with Gasteiger partial charge in [-0.2, -0.15) is 5.26 Å². The van der Waals surface area contributed by atoms with Gasteiger partial charge in [0.05, 0.1) is 19.0 Å². The van der Waals surface area contributed by atoms with Gasteiger partial charge in [0.2, 0.25) is 5.91 Å². The van der Waals surface area contributed by atoms with Crippen molar-refractivity contribution in [1.82, 2.24) is 10.2 Å². The normalized spacial score (nSPS) is 10.2.